The second-order valence-corrected chi connectivity index (χ2v) is 8.64. The minimum atomic E-state index is -4.64. The van der Waals surface area contributed by atoms with Crippen LogP contribution in [-0.4, -0.2) is 11.9 Å². The van der Waals surface area contributed by atoms with Crippen LogP contribution in [0.25, 0.3) is 0 Å². The molecule has 2 aliphatic carbocycles. The molecule has 3 amide bonds. The summed E-state index contributed by atoms with van der Waals surface area (Å²) >= 11 is 0. The van der Waals surface area contributed by atoms with Crippen molar-refractivity contribution in [1.29, 1.82) is 0 Å². The van der Waals surface area contributed by atoms with Gasteiger partial charge in [0.05, 0.1) is 5.56 Å². The topological polar surface area (TPSA) is 105 Å². The van der Waals surface area contributed by atoms with Crippen molar-refractivity contribution in [2.45, 2.75) is 31.9 Å². The number of carbonyl (C=O) groups excluding carboxylic acids is 2. The molecular formula is C26H24F4N4O3. The molecule has 0 radical (unpaired) electrons. The number of nitrogen functional groups attached to an aromatic ring is 1. The highest BCUT2D eigenvalue weighted by molar-refractivity contribution is 6.00. The largest absolute Gasteiger partial charge is 0.454 e. The zero-order chi connectivity index (χ0) is 26.6. The smallest absolute Gasteiger partial charge is 0.416 e. The molecule has 4 rings (SSSR count). The zero-order valence-electron chi connectivity index (χ0n) is 19.5. The summed E-state index contributed by atoms with van der Waals surface area (Å²) in [7, 11) is 0. The Balaban J connectivity index is 1.41. The van der Waals surface area contributed by atoms with Crippen LogP contribution in [0, 0.1) is 11.7 Å². The van der Waals surface area contributed by atoms with Crippen molar-refractivity contribution in [3.8, 4) is 5.75 Å². The van der Waals surface area contributed by atoms with E-state index < -0.39 is 23.6 Å². The molecule has 0 unspecified atom stereocenters. The molecule has 0 spiro atoms. The highest BCUT2D eigenvalue weighted by Gasteiger charge is 2.31. The Morgan fingerprint density at radius 2 is 1.76 bits per heavy atom. The van der Waals surface area contributed by atoms with Gasteiger partial charge in [-0.15, -0.1) is 0 Å². The maximum Gasteiger partial charge on any atom is 0.416 e. The number of hydrogen-bond donors (Lipinski definition) is 4. The lowest BCUT2D eigenvalue weighted by atomic mass is 10.1. The van der Waals surface area contributed by atoms with Gasteiger partial charge in [0.2, 0.25) is 5.91 Å². The summed E-state index contributed by atoms with van der Waals surface area (Å²) < 4.78 is 59.3. The first-order chi connectivity index (χ1) is 17.6. The number of urea groups is 1. The molecule has 2 aromatic carbocycles. The number of allylic oxidation sites excluding steroid dienone is 5. The van der Waals surface area contributed by atoms with Crippen LogP contribution in [-0.2, 0) is 11.0 Å². The molecule has 7 nitrogen and oxygen atoms in total. The summed E-state index contributed by atoms with van der Waals surface area (Å²) in [4.78, 5) is 24.4. The third kappa shape index (κ3) is 7.35. The van der Waals surface area contributed by atoms with Gasteiger partial charge in [-0.25, -0.2) is 9.18 Å². The van der Waals surface area contributed by atoms with Gasteiger partial charge in [0, 0.05) is 40.8 Å². The average molecular weight is 516 g/mol. The van der Waals surface area contributed by atoms with Gasteiger partial charge in [-0.05, 0) is 62.1 Å². The number of carbonyl (C=O) groups is 2. The Morgan fingerprint density at radius 3 is 2.46 bits per heavy atom. The fraction of sp³-hybridized carbons (Fsp3) is 0.231. The summed E-state index contributed by atoms with van der Waals surface area (Å²) in [6, 6.07) is 5.44. The van der Waals surface area contributed by atoms with E-state index >= 15 is 0 Å². The van der Waals surface area contributed by atoms with Gasteiger partial charge in [0.25, 0.3) is 0 Å². The Labute approximate surface area is 210 Å². The number of ether oxygens (including phenoxy) is 1. The highest BCUT2D eigenvalue weighted by atomic mass is 19.4. The number of nitrogens with two attached hydrogens (primary N) is 1. The van der Waals surface area contributed by atoms with Crippen molar-refractivity contribution in [1.82, 2.24) is 5.32 Å². The summed E-state index contributed by atoms with van der Waals surface area (Å²) in [6.07, 6.45) is 5.38. The Hall–Kier alpha value is -4.28. The molecule has 11 heteroatoms. The van der Waals surface area contributed by atoms with Crippen LogP contribution < -0.4 is 26.4 Å². The third-order valence-corrected chi connectivity index (χ3v) is 5.48. The maximum absolute atomic E-state index is 14.7. The minimum absolute atomic E-state index is 0.0378. The molecule has 1 saturated carbocycles. The highest BCUT2D eigenvalue weighted by Crippen LogP contribution is 2.33. The van der Waals surface area contributed by atoms with Crippen LogP contribution in [0.5, 0.6) is 5.75 Å². The first-order valence-corrected chi connectivity index (χ1v) is 11.5. The van der Waals surface area contributed by atoms with Crippen LogP contribution in [0.2, 0.25) is 0 Å². The van der Waals surface area contributed by atoms with E-state index in [4.69, 9.17) is 10.5 Å². The molecule has 37 heavy (non-hydrogen) atoms. The van der Waals surface area contributed by atoms with Crippen molar-refractivity contribution in [2.24, 2.45) is 5.92 Å². The van der Waals surface area contributed by atoms with E-state index in [0.717, 1.165) is 37.5 Å². The number of amides is 3. The predicted molar refractivity (Wildman–Crippen MR) is 131 cm³/mol. The molecule has 0 aliphatic heterocycles. The number of benzene rings is 2. The number of halogens is 4. The number of hydrogen-bond acceptors (Lipinski definition) is 4. The summed E-state index contributed by atoms with van der Waals surface area (Å²) in [5.41, 5.74) is 4.83. The lowest BCUT2D eigenvalue weighted by molar-refractivity contribution is -0.137. The molecule has 194 valence electrons. The van der Waals surface area contributed by atoms with E-state index in [-0.39, 0.29) is 34.6 Å². The predicted octanol–water partition coefficient (Wildman–Crippen LogP) is 6.09. The van der Waals surface area contributed by atoms with Crippen molar-refractivity contribution in [3.63, 3.8) is 0 Å². The van der Waals surface area contributed by atoms with E-state index in [1.54, 1.807) is 18.2 Å². The SMILES string of the molecule is Nc1cc(NC(=O)Nc2ccc(OC3=C/C=C\CCC(NC(=O)C4CC4)=C3)c(F)c2)cc(C(F)(F)F)c1. The lowest BCUT2D eigenvalue weighted by Crippen LogP contribution is -2.24. The number of nitrogens with one attached hydrogen (secondary N) is 3. The van der Waals surface area contributed by atoms with Gasteiger partial charge < -0.3 is 26.4 Å². The fourth-order valence-corrected chi connectivity index (χ4v) is 3.53. The van der Waals surface area contributed by atoms with Crippen LogP contribution in [0.3, 0.4) is 0 Å². The summed E-state index contributed by atoms with van der Waals surface area (Å²) in [5.74, 6) is -0.605. The van der Waals surface area contributed by atoms with Crippen molar-refractivity contribution in [3.05, 3.63) is 83.5 Å². The van der Waals surface area contributed by atoms with E-state index in [9.17, 15) is 27.2 Å². The van der Waals surface area contributed by atoms with Crippen LogP contribution >= 0.6 is 0 Å². The quantitative estimate of drug-likeness (QED) is 0.275. The van der Waals surface area contributed by atoms with Gasteiger partial charge in [-0.3, -0.25) is 4.79 Å². The van der Waals surface area contributed by atoms with Crippen LogP contribution in [0.4, 0.5) is 39.4 Å². The molecule has 1 fully saturated rings. The average Bonchev–Trinajstić information content (AvgIpc) is 3.63. The molecule has 0 bridgehead atoms. The molecule has 5 N–H and O–H groups in total. The normalized spacial score (nSPS) is 16.4. The summed E-state index contributed by atoms with van der Waals surface area (Å²) in [6.45, 7) is 0. The van der Waals surface area contributed by atoms with Gasteiger partial charge in [0.15, 0.2) is 11.6 Å². The second kappa shape index (κ2) is 10.8. The minimum Gasteiger partial charge on any atom is -0.454 e. The summed E-state index contributed by atoms with van der Waals surface area (Å²) in [5, 5.41) is 7.49. The van der Waals surface area contributed by atoms with E-state index in [1.165, 1.54) is 18.2 Å². The van der Waals surface area contributed by atoms with Gasteiger partial charge >= 0.3 is 12.2 Å². The molecule has 2 aromatic rings. The number of alkyl halides is 3. The van der Waals surface area contributed by atoms with Crippen molar-refractivity contribution in [2.75, 3.05) is 16.4 Å². The molecule has 0 atom stereocenters. The lowest BCUT2D eigenvalue weighted by Gasteiger charge is -2.14. The third-order valence-electron chi connectivity index (χ3n) is 5.48. The molecular weight excluding hydrogens is 492 g/mol. The van der Waals surface area contributed by atoms with Gasteiger partial charge in [-0.1, -0.05) is 12.2 Å². The van der Waals surface area contributed by atoms with E-state index in [1.807, 2.05) is 6.08 Å². The van der Waals surface area contributed by atoms with Crippen molar-refractivity contribution < 1.29 is 31.9 Å². The Kier molecular flexibility index (Phi) is 7.51. The maximum atomic E-state index is 14.7. The second-order valence-electron chi connectivity index (χ2n) is 8.64. The van der Waals surface area contributed by atoms with E-state index in [2.05, 4.69) is 16.0 Å². The zero-order valence-corrected chi connectivity index (χ0v) is 19.5. The molecule has 2 aliphatic rings. The molecule has 0 saturated heterocycles. The van der Waals surface area contributed by atoms with Crippen LogP contribution in [0.15, 0.2) is 72.2 Å². The standard InChI is InChI=1S/C26H24F4N4O3/c27-22-14-19(33-25(36)34-20-11-16(26(28,29)30)10-17(31)12-20)8-9-23(22)37-21-5-3-1-2-4-18(13-21)32-24(35)15-6-7-15/h1,3,5,8-15H,2,4,6-7,31H2,(H,32,35)(H2,33,34,36)/b3-1-,18-13?,21-5?. The molecule has 0 heterocycles. The fourth-order valence-electron chi connectivity index (χ4n) is 3.53. The monoisotopic (exact) mass is 516 g/mol. The number of anilines is 3. The van der Waals surface area contributed by atoms with Crippen molar-refractivity contribution >= 4 is 29.0 Å². The van der Waals surface area contributed by atoms with E-state index in [0.29, 0.717) is 17.9 Å². The molecule has 0 aromatic heterocycles. The van der Waals surface area contributed by atoms with Gasteiger partial charge in [0.1, 0.15) is 5.76 Å². The Morgan fingerprint density at radius 1 is 1.00 bits per heavy atom. The first-order valence-electron chi connectivity index (χ1n) is 11.5. The first kappa shape index (κ1) is 25.8. The van der Waals surface area contributed by atoms with Gasteiger partial charge in [-0.2, -0.15) is 13.2 Å². The van der Waals surface area contributed by atoms with Crippen LogP contribution in [0.1, 0.15) is 31.2 Å². The number of rotatable bonds is 6. The Bertz CT molecular complexity index is 1300.